The number of thiazole rings is 1. The van der Waals surface area contributed by atoms with E-state index in [4.69, 9.17) is 9.52 Å². The molecule has 0 fully saturated rings. The second-order valence-electron chi connectivity index (χ2n) is 5.31. The van der Waals surface area contributed by atoms with Crippen molar-refractivity contribution in [1.82, 2.24) is 25.3 Å². The summed E-state index contributed by atoms with van der Waals surface area (Å²) in [4.78, 5) is 27.0. The third-order valence-corrected chi connectivity index (χ3v) is 4.10. The second-order valence-corrected chi connectivity index (χ2v) is 6.17. The van der Waals surface area contributed by atoms with Gasteiger partial charge in [-0.25, -0.2) is 9.67 Å². The molecule has 9 nitrogen and oxygen atoms in total. The summed E-state index contributed by atoms with van der Waals surface area (Å²) in [7, 11) is 0. The number of aromatic nitrogens is 4. The van der Waals surface area contributed by atoms with Crippen molar-refractivity contribution in [3.05, 3.63) is 40.9 Å². The van der Waals surface area contributed by atoms with Crippen LogP contribution >= 0.6 is 11.3 Å². The van der Waals surface area contributed by atoms with Crippen molar-refractivity contribution < 1.29 is 19.1 Å². The highest BCUT2D eigenvalue weighted by atomic mass is 32.1. The van der Waals surface area contributed by atoms with Gasteiger partial charge >= 0.3 is 5.97 Å². The molecule has 0 spiro atoms. The van der Waals surface area contributed by atoms with Crippen LogP contribution in [0.5, 0.6) is 0 Å². The molecular weight excluding hydrogens is 346 g/mol. The van der Waals surface area contributed by atoms with Crippen LogP contribution in [0.15, 0.2) is 28.1 Å². The SMILES string of the molecule is Cc1ccc(-c2nc(CC(=O)NCc3cn(CC(=O)O)nn3)cs2)o1. The van der Waals surface area contributed by atoms with E-state index in [2.05, 4.69) is 20.6 Å². The Morgan fingerprint density at radius 1 is 1.36 bits per heavy atom. The Labute approximate surface area is 146 Å². The van der Waals surface area contributed by atoms with Crippen LogP contribution in [0.1, 0.15) is 17.1 Å². The van der Waals surface area contributed by atoms with Crippen molar-refractivity contribution in [3.63, 3.8) is 0 Å². The lowest BCUT2D eigenvalue weighted by atomic mass is 10.3. The van der Waals surface area contributed by atoms with E-state index in [1.165, 1.54) is 22.2 Å². The quantitative estimate of drug-likeness (QED) is 0.649. The monoisotopic (exact) mass is 361 g/mol. The summed E-state index contributed by atoms with van der Waals surface area (Å²) < 4.78 is 6.71. The molecule has 3 rings (SSSR count). The van der Waals surface area contributed by atoms with Gasteiger partial charge in [0, 0.05) is 5.38 Å². The zero-order valence-electron chi connectivity index (χ0n) is 13.3. The van der Waals surface area contributed by atoms with Crippen LogP contribution in [0.25, 0.3) is 10.8 Å². The number of hydrogen-bond acceptors (Lipinski definition) is 7. The first kappa shape index (κ1) is 16.8. The Bertz CT molecular complexity index is 897. The highest BCUT2D eigenvalue weighted by Crippen LogP contribution is 2.25. The number of aryl methyl sites for hydroxylation is 1. The number of hydrogen-bond donors (Lipinski definition) is 2. The zero-order chi connectivity index (χ0) is 17.8. The van der Waals surface area contributed by atoms with E-state index in [1.807, 2.05) is 24.4 Å². The molecule has 3 heterocycles. The van der Waals surface area contributed by atoms with E-state index >= 15 is 0 Å². The summed E-state index contributed by atoms with van der Waals surface area (Å²) in [6.45, 7) is 1.76. The molecule has 0 atom stereocenters. The van der Waals surface area contributed by atoms with Gasteiger partial charge in [-0.15, -0.1) is 16.4 Å². The molecule has 1 amide bonds. The fourth-order valence-electron chi connectivity index (χ4n) is 2.10. The predicted octanol–water partition coefficient (Wildman–Crippen LogP) is 1.25. The van der Waals surface area contributed by atoms with Crippen LogP contribution in [-0.4, -0.2) is 37.0 Å². The summed E-state index contributed by atoms with van der Waals surface area (Å²) in [6, 6.07) is 3.71. The van der Waals surface area contributed by atoms with Gasteiger partial charge < -0.3 is 14.8 Å². The molecule has 0 aromatic carbocycles. The van der Waals surface area contributed by atoms with E-state index in [-0.39, 0.29) is 25.4 Å². The number of rotatable bonds is 7. The van der Waals surface area contributed by atoms with Crippen LogP contribution in [0, 0.1) is 6.92 Å². The first-order chi connectivity index (χ1) is 12.0. The molecule has 2 N–H and O–H groups in total. The fraction of sp³-hybridized carbons (Fsp3) is 0.267. The van der Waals surface area contributed by atoms with Gasteiger partial charge in [0.25, 0.3) is 0 Å². The van der Waals surface area contributed by atoms with Crippen molar-refractivity contribution in [2.45, 2.75) is 26.4 Å². The van der Waals surface area contributed by atoms with Crippen LogP contribution in [0.4, 0.5) is 0 Å². The first-order valence-electron chi connectivity index (χ1n) is 7.38. The Hall–Kier alpha value is -3.01. The molecule has 10 heteroatoms. The summed E-state index contributed by atoms with van der Waals surface area (Å²) in [5.41, 5.74) is 1.14. The lowest BCUT2D eigenvalue weighted by Crippen LogP contribution is -2.24. The molecule has 3 aromatic heterocycles. The molecular formula is C15H15N5O4S. The van der Waals surface area contributed by atoms with E-state index in [0.717, 1.165) is 10.8 Å². The van der Waals surface area contributed by atoms with Crippen molar-refractivity contribution >= 4 is 23.2 Å². The maximum Gasteiger partial charge on any atom is 0.325 e. The van der Waals surface area contributed by atoms with Gasteiger partial charge in [-0.2, -0.15) is 0 Å². The average molecular weight is 361 g/mol. The number of carboxylic acids is 1. The Balaban J connectivity index is 1.52. The Morgan fingerprint density at radius 2 is 2.20 bits per heavy atom. The van der Waals surface area contributed by atoms with Crippen LogP contribution in [-0.2, 0) is 29.1 Å². The molecule has 0 radical (unpaired) electrons. The highest BCUT2D eigenvalue weighted by Gasteiger charge is 2.12. The summed E-state index contributed by atoms with van der Waals surface area (Å²) in [5.74, 6) is 0.275. The Morgan fingerprint density at radius 3 is 2.92 bits per heavy atom. The third-order valence-electron chi connectivity index (χ3n) is 3.19. The smallest absolute Gasteiger partial charge is 0.325 e. The molecule has 3 aromatic rings. The van der Waals surface area contributed by atoms with Crippen LogP contribution in [0.3, 0.4) is 0 Å². The summed E-state index contributed by atoms with van der Waals surface area (Å²) >= 11 is 1.42. The number of amides is 1. The maximum absolute atomic E-state index is 12.0. The highest BCUT2D eigenvalue weighted by molar-refractivity contribution is 7.13. The van der Waals surface area contributed by atoms with Crippen molar-refractivity contribution in [2.24, 2.45) is 0 Å². The maximum atomic E-state index is 12.0. The van der Waals surface area contributed by atoms with Crippen LogP contribution < -0.4 is 5.32 Å². The van der Waals surface area contributed by atoms with Crippen molar-refractivity contribution in [3.8, 4) is 10.8 Å². The normalized spacial score (nSPS) is 10.8. The second kappa shape index (κ2) is 7.26. The number of carbonyl (C=O) groups is 2. The minimum Gasteiger partial charge on any atom is -0.480 e. The van der Waals surface area contributed by atoms with E-state index in [1.54, 1.807) is 0 Å². The molecule has 0 aliphatic carbocycles. The van der Waals surface area contributed by atoms with Crippen molar-refractivity contribution in [2.75, 3.05) is 0 Å². The molecule has 0 unspecified atom stereocenters. The number of aliphatic carboxylic acids is 1. The van der Waals surface area contributed by atoms with Crippen LogP contribution in [0.2, 0.25) is 0 Å². The summed E-state index contributed by atoms with van der Waals surface area (Å²) in [5, 5.41) is 21.4. The number of furan rings is 1. The van der Waals surface area contributed by atoms with E-state index in [9.17, 15) is 9.59 Å². The Kier molecular flexibility index (Phi) is 4.89. The zero-order valence-corrected chi connectivity index (χ0v) is 14.1. The van der Waals surface area contributed by atoms with Gasteiger partial charge in [-0.3, -0.25) is 9.59 Å². The largest absolute Gasteiger partial charge is 0.480 e. The lowest BCUT2D eigenvalue weighted by molar-refractivity contribution is -0.138. The average Bonchev–Trinajstić information content (AvgIpc) is 3.26. The molecule has 0 aliphatic rings. The lowest BCUT2D eigenvalue weighted by Gasteiger charge is -2.00. The molecule has 0 aliphatic heterocycles. The number of nitrogens with one attached hydrogen (secondary N) is 1. The van der Waals surface area contributed by atoms with E-state index in [0.29, 0.717) is 17.1 Å². The van der Waals surface area contributed by atoms with Gasteiger partial charge in [-0.05, 0) is 19.1 Å². The minimum atomic E-state index is -1.01. The van der Waals surface area contributed by atoms with Gasteiger partial charge in [-0.1, -0.05) is 5.21 Å². The van der Waals surface area contributed by atoms with Gasteiger partial charge in [0.15, 0.2) is 10.8 Å². The molecule has 25 heavy (non-hydrogen) atoms. The van der Waals surface area contributed by atoms with Gasteiger partial charge in [0.05, 0.1) is 24.9 Å². The van der Waals surface area contributed by atoms with Gasteiger partial charge in [0.1, 0.15) is 18.0 Å². The standard InChI is InChI=1S/C15H15N5O4S/c1-9-2-3-12(24-9)15-17-10(8-25-15)4-13(21)16-5-11-6-20(19-18-11)7-14(22)23/h2-3,6,8H,4-5,7H2,1H3,(H,16,21)(H,22,23). The fourth-order valence-corrected chi connectivity index (χ4v) is 2.88. The number of carboxylic acid groups (broad SMARTS) is 1. The first-order valence-corrected chi connectivity index (χ1v) is 8.26. The molecule has 0 saturated heterocycles. The number of carbonyl (C=O) groups excluding carboxylic acids is 1. The minimum absolute atomic E-state index is 0.138. The van der Waals surface area contributed by atoms with Crippen molar-refractivity contribution in [1.29, 1.82) is 0 Å². The predicted molar refractivity (Wildman–Crippen MR) is 87.8 cm³/mol. The molecule has 0 saturated carbocycles. The summed E-state index contributed by atoms with van der Waals surface area (Å²) in [6.07, 6.45) is 1.62. The van der Waals surface area contributed by atoms with E-state index < -0.39 is 5.97 Å². The van der Waals surface area contributed by atoms with Gasteiger partial charge in [0.2, 0.25) is 5.91 Å². The topological polar surface area (TPSA) is 123 Å². The molecule has 0 bridgehead atoms. The third kappa shape index (κ3) is 4.51. The number of nitrogens with zero attached hydrogens (tertiary/aromatic N) is 4. The molecule has 130 valence electrons.